The van der Waals surface area contributed by atoms with Crippen LogP contribution in [0.25, 0.3) is 6.08 Å². The van der Waals surface area contributed by atoms with Crippen LogP contribution >= 0.6 is 24.0 Å². The second kappa shape index (κ2) is 9.91. The van der Waals surface area contributed by atoms with E-state index in [0.717, 1.165) is 18.4 Å². The Morgan fingerprint density at radius 3 is 2.53 bits per heavy atom. The zero-order chi connectivity index (χ0) is 21.7. The number of amides is 1. The molecule has 0 aromatic heterocycles. The number of rotatable bonds is 8. The zero-order valence-corrected chi connectivity index (χ0v) is 18.8. The summed E-state index contributed by atoms with van der Waals surface area (Å²) in [5, 5.41) is 0. The molecule has 2 aromatic carbocycles. The third kappa shape index (κ3) is 4.91. The summed E-state index contributed by atoms with van der Waals surface area (Å²) < 4.78 is 11.7. The molecule has 0 unspecified atom stereocenters. The number of anilines is 1. The van der Waals surface area contributed by atoms with Crippen molar-refractivity contribution in [2.75, 3.05) is 18.6 Å². The van der Waals surface area contributed by atoms with Crippen molar-refractivity contribution >= 4 is 51.8 Å². The molecule has 0 spiro atoms. The van der Waals surface area contributed by atoms with Crippen LogP contribution in [0.4, 0.5) is 5.69 Å². The largest absolute Gasteiger partial charge is 0.493 e. The Bertz CT molecular complexity index is 999. The van der Waals surface area contributed by atoms with E-state index in [1.807, 2.05) is 18.2 Å². The van der Waals surface area contributed by atoms with Crippen molar-refractivity contribution < 1.29 is 19.1 Å². The normalized spacial score (nSPS) is 15.0. The Morgan fingerprint density at radius 1 is 1.17 bits per heavy atom. The Labute approximate surface area is 186 Å². The first-order valence-electron chi connectivity index (χ1n) is 9.64. The first-order valence-corrected chi connectivity index (χ1v) is 10.9. The number of benzene rings is 2. The average Bonchev–Trinajstić information content (AvgIpc) is 3.02. The lowest BCUT2D eigenvalue weighted by atomic mass is 10.1. The summed E-state index contributed by atoms with van der Waals surface area (Å²) in [6.45, 7) is 4.25. The van der Waals surface area contributed by atoms with E-state index in [0.29, 0.717) is 38.6 Å². The molecule has 5 nitrogen and oxygen atoms in total. The number of ether oxygens (including phenoxy) is 2. The highest BCUT2D eigenvalue weighted by atomic mass is 32.2. The van der Waals surface area contributed by atoms with Gasteiger partial charge < -0.3 is 9.47 Å². The molecule has 1 aliphatic heterocycles. The zero-order valence-electron chi connectivity index (χ0n) is 17.1. The van der Waals surface area contributed by atoms with Crippen LogP contribution in [0, 0.1) is 0 Å². The minimum absolute atomic E-state index is 0.0251. The van der Waals surface area contributed by atoms with Gasteiger partial charge in [-0.2, -0.15) is 0 Å². The number of hydrogen-bond acceptors (Lipinski definition) is 6. The second-order valence-corrected chi connectivity index (χ2v) is 8.41. The number of nitrogens with zero attached hydrogens (tertiary/aromatic N) is 1. The lowest BCUT2D eigenvalue weighted by molar-refractivity contribution is -0.113. The van der Waals surface area contributed by atoms with Crippen molar-refractivity contribution in [2.45, 2.75) is 26.7 Å². The van der Waals surface area contributed by atoms with E-state index in [-0.39, 0.29) is 11.7 Å². The van der Waals surface area contributed by atoms with E-state index in [2.05, 4.69) is 6.92 Å². The summed E-state index contributed by atoms with van der Waals surface area (Å²) in [4.78, 5) is 26.4. The van der Waals surface area contributed by atoms with Crippen molar-refractivity contribution in [3.8, 4) is 11.5 Å². The highest BCUT2D eigenvalue weighted by molar-refractivity contribution is 8.27. The number of ketones is 1. The highest BCUT2D eigenvalue weighted by Crippen LogP contribution is 2.37. The Hall–Kier alpha value is -2.64. The van der Waals surface area contributed by atoms with Crippen LogP contribution in [0.3, 0.4) is 0 Å². The molecule has 0 bridgehead atoms. The summed E-state index contributed by atoms with van der Waals surface area (Å²) in [7, 11) is 1.59. The van der Waals surface area contributed by atoms with Crippen molar-refractivity contribution in [2.24, 2.45) is 0 Å². The van der Waals surface area contributed by atoms with Gasteiger partial charge in [-0.3, -0.25) is 14.5 Å². The molecule has 0 radical (unpaired) electrons. The van der Waals surface area contributed by atoms with E-state index in [1.165, 1.54) is 23.6 Å². The fourth-order valence-electron chi connectivity index (χ4n) is 2.91. The Morgan fingerprint density at radius 2 is 1.90 bits per heavy atom. The molecule has 156 valence electrons. The smallest absolute Gasteiger partial charge is 0.270 e. The molecule has 0 N–H and O–H groups in total. The minimum Gasteiger partial charge on any atom is -0.493 e. The van der Waals surface area contributed by atoms with Gasteiger partial charge in [0.25, 0.3) is 5.91 Å². The van der Waals surface area contributed by atoms with Gasteiger partial charge in [0.05, 0.1) is 24.3 Å². The van der Waals surface area contributed by atoms with Gasteiger partial charge >= 0.3 is 0 Å². The summed E-state index contributed by atoms with van der Waals surface area (Å²) in [6.07, 6.45) is 3.82. The molecule has 2 aromatic rings. The topological polar surface area (TPSA) is 55.8 Å². The molecule has 1 aliphatic rings. The lowest BCUT2D eigenvalue weighted by Gasteiger charge is -2.14. The van der Waals surface area contributed by atoms with Crippen molar-refractivity contribution in [3.05, 3.63) is 58.5 Å². The number of carbonyl (C=O) groups excluding carboxylic acids is 2. The lowest BCUT2D eigenvalue weighted by Crippen LogP contribution is -2.27. The van der Waals surface area contributed by atoms with E-state index in [4.69, 9.17) is 21.7 Å². The fourth-order valence-corrected chi connectivity index (χ4v) is 4.21. The van der Waals surface area contributed by atoms with Crippen molar-refractivity contribution in [1.29, 1.82) is 0 Å². The van der Waals surface area contributed by atoms with Gasteiger partial charge in [0, 0.05) is 5.56 Å². The molecule has 3 rings (SSSR count). The van der Waals surface area contributed by atoms with Gasteiger partial charge in [0.15, 0.2) is 21.6 Å². The Balaban J connectivity index is 1.81. The number of thiocarbonyl (C=S) groups is 1. The standard InChI is InChI=1S/C23H23NO4S2/c1-4-5-12-28-19-11-6-16(13-20(19)27-3)14-21-22(26)24(23(29)30-21)18-9-7-17(8-10-18)15(2)25/h6-11,13-14H,4-5,12H2,1-3H3/b21-14-. The van der Waals surface area contributed by atoms with Gasteiger partial charge in [0.1, 0.15) is 0 Å². The maximum absolute atomic E-state index is 13.0. The van der Waals surface area contributed by atoms with Gasteiger partial charge in [0.2, 0.25) is 0 Å². The molecule has 1 saturated heterocycles. The van der Waals surface area contributed by atoms with Crippen LogP contribution in [0.2, 0.25) is 0 Å². The number of Topliss-reactive ketones (excluding diaryl/α,β-unsaturated/α-hetero) is 1. The van der Waals surface area contributed by atoms with Gasteiger partial charge in [-0.25, -0.2) is 0 Å². The van der Waals surface area contributed by atoms with Crippen LogP contribution in [0.5, 0.6) is 11.5 Å². The number of thioether (sulfide) groups is 1. The van der Waals surface area contributed by atoms with Gasteiger partial charge in [-0.1, -0.05) is 43.4 Å². The fraction of sp³-hybridized carbons (Fsp3) is 0.261. The molecule has 1 amide bonds. The predicted octanol–water partition coefficient (Wildman–Crippen LogP) is 5.48. The predicted molar refractivity (Wildman–Crippen MR) is 125 cm³/mol. The van der Waals surface area contributed by atoms with Crippen LogP contribution in [0.1, 0.15) is 42.6 Å². The monoisotopic (exact) mass is 441 g/mol. The molecule has 30 heavy (non-hydrogen) atoms. The summed E-state index contributed by atoms with van der Waals surface area (Å²) in [6, 6.07) is 12.4. The van der Waals surface area contributed by atoms with E-state index in [9.17, 15) is 9.59 Å². The minimum atomic E-state index is -0.192. The molecule has 1 heterocycles. The van der Waals surface area contributed by atoms with Crippen molar-refractivity contribution in [1.82, 2.24) is 0 Å². The maximum atomic E-state index is 13.0. The van der Waals surface area contributed by atoms with Gasteiger partial charge in [-0.05, 0) is 61.4 Å². The van der Waals surface area contributed by atoms with Gasteiger partial charge in [-0.15, -0.1) is 0 Å². The first kappa shape index (κ1) is 22.1. The van der Waals surface area contributed by atoms with E-state index in [1.54, 1.807) is 37.5 Å². The van der Waals surface area contributed by atoms with Crippen LogP contribution in [0.15, 0.2) is 47.4 Å². The van der Waals surface area contributed by atoms with Crippen LogP contribution < -0.4 is 14.4 Å². The maximum Gasteiger partial charge on any atom is 0.270 e. The molecular formula is C23H23NO4S2. The van der Waals surface area contributed by atoms with E-state index < -0.39 is 0 Å². The second-order valence-electron chi connectivity index (χ2n) is 6.73. The average molecular weight is 442 g/mol. The third-order valence-corrected chi connectivity index (χ3v) is 5.87. The number of unbranched alkanes of at least 4 members (excludes halogenated alkanes) is 1. The summed E-state index contributed by atoms with van der Waals surface area (Å²) >= 11 is 6.67. The Kier molecular flexibility index (Phi) is 7.29. The molecule has 7 heteroatoms. The number of methoxy groups -OCH3 is 1. The molecule has 0 atom stereocenters. The number of hydrogen-bond donors (Lipinski definition) is 0. The summed E-state index contributed by atoms with van der Waals surface area (Å²) in [5.41, 5.74) is 2.05. The highest BCUT2D eigenvalue weighted by Gasteiger charge is 2.33. The SMILES string of the molecule is CCCCOc1ccc(/C=C2\SC(=S)N(c3ccc(C(C)=O)cc3)C2=O)cc1OC. The molecular weight excluding hydrogens is 418 g/mol. The van der Waals surface area contributed by atoms with Crippen LogP contribution in [-0.4, -0.2) is 29.7 Å². The quantitative estimate of drug-likeness (QED) is 0.234. The van der Waals surface area contributed by atoms with Crippen LogP contribution in [-0.2, 0) is 4.79 Å². The third-order valence-electron chi connectivity index (χ3n) is 4.57. The van der Waals surface area contributed by atoms with Crippen molar-refractivity contribution in [3.63, 3.8) is 0 Å². The first-order chi connectivity index (χ1) is 14.4. The summed E-state index contributed by atoms with van der Waals surface area (Å²) in [5.74, 6) is 1.09. The molecule has 0 aliphatic carbocycles. The molecule has 0 saturated carbocycles. The molecule has 1 fully saturated rings. The van der Waals surface area contributed by atoms with E-state index >= 15 is 0 Å². The number of carbonyl (C=O) groups is 2.